The molecule has 0 radical (unpaired) electrons. The largest absolute Gasteiger partial charge is 0.438 e. The second kappa shape index (κ2) is 6.10. The molecule has 0 spiro atoms. The maximum Gasteiger partial charge on any atom is 0.231 e. The number of nitrogens with zero attached hydrogens (tertiary/aromatic N) is 2. The summed E-state index contributed by atoms with van der Waals surface area (Å²) in [4.78, 5) is 10.8. The zero-order valence-corrected chi connectivity index (χ0v) is 14.4. The summed E-state index contributed by atoms with van der Waals surface area (Å²) in [5, 5.41) is 0.982. The number of thioether (sulfide) groups is 2. The molecule has 0 aliphatic carbocycles. The molecule has 4 rings (SSSR count). The van der Waals surface area contributed by atoms with E-state index in [0.717, 1.165) is 16.0 Å². The maximum atomic E-state index is 5.96. The molecule has 1 fully saturated rings. The van der Waals surface area contributed by atoms with Crippen LogP contribution in [0.25, 0.3) is 10.2 Å². The minimum atomic E-state index is 0.569. The molecule has 2 aromatic heterocycles. The van der Waals surface area contributed by atoms with Crippen LogP contribution < -0.4 is 4.74 Å². The quantitative estimate of drug-likeness (QED) is 0.645. The molecule has 1 saturated heterocycles. The number of aromatic nitrogens is 2. The average molecular weight is 347 g/mol. The molecule has 0 saturated carbocycles. The first-order chi connectivity index (χ1) is 10.8. The number of hydrogen-bond donors (Lipinski definition) is 0. The first-order valence-corrected chi connectivity index (χ1v) is 9.93. The topological polar surface area (TPSA) is 35.0 Å². The van der Waals surface area contributed by atoms with Gasteiger partial charge < -0.3 is 4.74 Å². The lowest BCUT2D eigenvalue weighted by Crippen LogP contribution is -1.90. The van der Waals surface area contributed by atoms with Gasteiger partial charge in [-0.3, -0.25) is 0 Å². The van der Waals surface area contributed by atoms with Crippen LogP contribution >= 0.6 is 34.9 Å². The van der Waals surface area contributed by atoms with E-state index < -0.39 is 0 Å². The molecule has 0 unspecified atom stereocenters. The van der Waals surface area contributed by atoms with E-state index in [9.17, 15) is 0 Å². The Bertz CT molecular complexity index is 795. The molecular formula is C16H14N2OS3. The number of fused-ring (bicyclic) bond motifs is 1. The van der Waals surface area contributed by atoms with E-state index in [1.165, 1.54) is 21.9 Å². The van der Waals surface area contributed by atoms with Gasteiger partial charge in [0.05, 0.1) is 9.97 Å². The normalized spacial score (nSPS) is 15.5. The SMILES string of the molecule is Cc1cc2c(Oc3ccc(C4SCCS4)cc3)ncnc2s1. The number of rotatable bonds is 3. The van der Waals surface area contributed by atoms with Crippen molar-refractivity contribution in [2.75, 3.05) is 11.5 Å². The lowest BCUT2D eigenvalue weighted by molar-refractivity contribution is 0.468. The molecule has 1 aliphatic rings. The Hall–Kier alpha value is -1.24. The Morgan fingerprint density at radius 2 is 1.86 bits per heavy atom. The van der Waals surface area contributed by atoms with Gasteiger partial charge in [-0.1, -0.05) is 12.1 Å². The van der Waals surface area contributed by atoms with Crippen molar-refractivity contribution in [3.8, 4) is 11.6 Å². The fraction of sp³-hybridized carbons (Fsp3) is 0.250. The molecule has 22 heavy (non-hydrogen) atoms. The predicted molar refractivity (Wildman–Crippen MR) is 96.3 cm³/mol. The zero-order valence-electron chi connectivity index (χ0n) is 12.0. The van der Waals surface area contributed by atoms with Gasteiger partial charge in [0.25, 0.3) is 0 Å². The van der Waals surface area contributed by atoms with Gasteiger partial charge in [0, 0.05) is 16.4 Å². The predicted octanol–water partition coefficient (Wildman–Crippen LogP) is 5.27. The molecule has 3 aromatic rings. The van der Waals surface area contributed by atoms with E-state index >= 15 is 0 Å². The summed E-state index contributed by atoms with van der Waals surface area (Å²) < 4.78 is 6.53. The highest BCUT2D eigenvalue weighted by Gasteiger charge is 2.18. The number of benzene rings is 1. The third-order valence-electron chi connectivity index (χ3n) is 3.40. The van der Waals surface area contributed by atoms with Crippen molar-refractivity contribution in [1.82, 2.24) is 9.97 Å². The van der Waals surface area contributed by atoms with Crippen molar-refractivity contribution in [3.63, 3.8) is 0 Å². The highest BCUT2D eigenvalue weighted by atomic mass is 32.2. The maximum absolute atomic E-state index is 5.96. The van der Waals surface area contributed by atoms with E-state index in [0.29, 0.717) is 10.5 Å². The van der Waals surface area contributed by atoms with Gasteiger partial charge in [0.1, 0.15) is 16.9 Å². The number of ether oxygens (including phenoxy) is 1. The molecule has 3 heterocycles. The summed E-state index contributed by atoms with van der Waals surface area (Å²) in [7, 11) is 0. The standard InChI is InChI=1S/C16H14N2OS3/c1-10-8-13-14(17-9-18-15(13)22-10)19-12-4-2-11(3-5-12)16-20-6-7-21-16/h2-5,8-9,16H,6-7H2,1H3. The van der Waals surface area contributed by atoms with E-state index in [4.69, 9.17) is 4.74 Å². The summed E-state index contributed by atoms with van der Waals surface area (Å²) in [6, 6.07) is 10.4. The molecule has 112 valence electrons. The fourth-order valence-corrected chi connectivity index (χ4v) is 6.09. The summed E-state index contributed by atoms with van der Waals surface area (Å²) in [6.45, 7) is 2.07. The van der Waals surface area contributed by atoms with Crippen molar-refractivity contribution in [2.45, 2.75) is 11.5 Å². The summed E-state index contributed by atoms with van der Waals surface area (Å²) in [6.07, 6.45) is 1.56. The van der Waals surface area contributed by atoms with Gasteiger partial charge >= 0.3 is 0 Å². The fourth-order valence-electron chi connectivity index (χ4n) is 2.39. The Labute approximate surface area is 141 Å². The van der Waals surface area contributed by atoms with Crippen molar-refractivity contribution in [1.29, 1.82) is 0 Å². The monoisotopic (exact) mass is 346 g/mol. The van der Waals surface area contributed by atoms with Gasteiger partial charge in [-0.25, -0.2) is 9.97 Å². The third-order valence-corrected chi connectivity index (χ3v) is 7.47. The van der Waals surface area contributed by atoms with Crippen molar-refractivity contribution in [2.24, 2.45) is 0 Å². The van der Waals surface area contributed by atoms with Gasteiger partial charge in [0.2, 0.25) is 5.88 Å². The second-order valence-corrected chi connectivity index (χ2v) is 8.96. The summed E-state index contributed by atoms with van der Waals surface area (Å²) in [5.41, 5.74) is 1.36. The molecule has 3 nitrogen and oxygen atoms in total. The zero-order chi connectivity index (χ0) is 14.9. The molecule has 0 bridgehead atoms. The van der Waals surface area contributed by atoms with E-state index in [2.05, 4.69) is 35.1 Å². The van der Waals surface area contributed by atoms with Crippen LogP contribution in [0.15, 0.2) is 36.7 Å². The van der Waals surface area contributed by atoms with E-state index in [-0.39, 0.29) is 0 Å². The highest BCUT2D eigenvalue weighted by molar-refractivity contribution is 8.19. The molecule has 6 heteroatoms. The van der Waals surface area contributed by atoms with E-state index in [1.54, 1.807) is 17.7 Å². The number of aryl methyl sites for hydroxylation is 1. The summed E-state index contributed by atoms with van der Waals surface area (Å²) in [5.74, 6) is 3.93. The lowest BCUT2D eigenvalue weighted by atomic mass is 10.2. The van der Waals surface area contributed by atoms with Gasteiger partial charge in [-0.2, -0.15) is 0 Å². The Morgan fingerprint density at radius 3 is 2.64 bits per heavy atom. The van der Waals surface area contributed by atoms with Gasteiger partial charge in [0.15, 0.2) is 0 Å². The van der Waals surface area contributed by atoms with Crippen molar-refractivity contribution in [3.05, 3.63) is 47.1 Å². The molecule has 0 amide bonds. The van der Waals surface area contributed by atoms with Crippen LogP contribution in [0.2, 0.25) is 0 Å². The van der Waals surface area contributed by atoms with Crippen LogP contribution in [0, 0.1) is 6.92 Å². The lowest BCUT2D eigenvalue weighted by Gasteiger charge is -2.10. The average Bonchev–Trinajstić information content (AvgIpc) is 3.17. The van der Waals surface area contributed by atoms with Crippen LogP contribution in [0.5, 0.6) is 11.6 Å². The van der Waals surface area contributed by atoms with Crippen LogP contribution in [0.3, 0.4) is 0 Å². The van der Waals surface area contributed by atoms with Crippen LogP contribution in [0.1, 0.15) is 15.0 Å². The minimum absolute atomic E-state index is 0.569. The molecule has 0 atom stereocenters. The number of hydrogen-bond acceptors (Lipinski definition) is 6. The van der Waals surface area contributed by atoms with Crippen LogP contribution in [-0.2, 0) is 0 Å². The Morgan fingerprint density at radius 1 is 1.09 bits per heavy atom. The van der Waals surface area contributed by atoms with Crippen LogP contribution in [0.4, 0.5) is 0 Å². The minimum Gasteiger partial charge on any atom is -0.438 e. The van der Waals surface area contributed by atoms with Crippen molar-refractivity contribution >= 4 is 45.1 Å². The Kier molecular flexibility index (Phi) is 3.98. The van der Waals surface area contributed by atoms with Gasteiger partial charge in [-0.15, -0.1) is 34.9 Å². The molecule has 0 N–H and O–H groups in total. The highest BCUT2D eigenvalue weighted by Crippen LogP contribution is 2.45. The molecule has 1 aliphatic heterocycles. The van der Waals surface area contributed by atoms with Gasteiger partial charge in [-0.05, 0) is 30.7 Å². The molecular weight excluding hydrogens is 332 g/mol. The first-order valence-electron chi connectivity index (χ1n) is 7.02. The smallest absolute Gasteiger partial charge is 0.231 e. The summed E-state index contributed by atoms with van der Waals surface area (Å²) >= 11 is 5.69. The number of thiophene rings is 1. The van der Waals surface area contributed by atoms with Crippen LogP contribution in [-0.4, -0.2) is 21.5 Å². The molecule has 1 aromatic carbocycles. The van der Waals surface area contributed by atoms with Crippen molar-refractivity contribution < 1.29 is 4.74 Å². The second-order valence-electron chi connectivity index (χ2n) is 5.00. The van der Waals surface area contributed by atoms with E-state index in [1.807, 2.05) is 35.7 Å². The first kappa shape index (κ1) is 14.4. The third kappa shape index (κ3) is 2.83. The Balaban J connectivity index is 1.59.